The third-order valence-electron chi connectivity index (χ3n) is 4.90. The van der Waals surface area contributed by atoms with Crippen molar-refractivity contribution in [1.82, 2.24) is 5.32 Å². The third kappa shape index (κ3) is 5.49. The van der Waals surface area contributed by atoms with Crippen molar-refractivity contribution < 1.29 is 14.3 Å². The number of anilines is 2. The molecule has 3 rings (SSSR count). The van der Waals surface area contributed by atoms with Crippen LogP contribution in [0.4, 0.5) is 11.4 Å². The van der Waals surface area contributed by atoms with E-state index in [-0.39, 0.29) is 24.4 Å². The number of nitrogens with one attached hydrogen (secondary N) is 3. The summed E-state index contributed by atoms with van der Waals surface area (Å²) in [6.07, 6.45) is 5.70. The van der Waals surface area contributed by atoms with Gasteiger partial charge in [-0.3, -0.25) is 9.59 Å². The molecule has 1 saturated carbocycles. The Kier molecular flexibility index (Phi) is 6.89. The van der Waals surface area contributed by atoms with Crippen molar-refractivity contribution >= 4 is 23.2 Å². The van der Waals surface area contributed by atoms with Gasteiger partial charge in [0.15, 0.2) is 0 Å². The van der Waals surface area contributed by atoms with Crippen LogP contribution < -0.4 is 20.7 Å². The molecule has 2 amide bonds. The molecular formula is C22H27N3O3. The Morgan fingerprint density at radius 2 is 1.82 bits per heavy atom. The molecule has 2 aromatic rings. The highest BCUT2D eigenvalue weighted by atomic mass is 16.5. The molecule has 1 aliphatic carbocycles. The minimum absolute atomic E-state index is 0.0611. The first-order valence-corrected chi connectivity index (χ1v) is 9.73. The summed E-state index contributed by atoms with van der Waals surface area (Å²) in [4.78, 5) is 24.7. The number of para-hydroxylation sites is 2. The molecule has 6 nitrogen and oxygen atoms in total. The molecule has 6 heteroatoms. The van der Waals surface area contributed by atoms with Gasteiger partial charge in [0.1, 0.15) is 5.75 Å². The minimum atomic E-state index is -0.193. The Labute approximate surface area is 165 Å². The molecule has 3 N–H and O–H groups in total. The summed E-state index contributed by atoms with van der Waals surface area (Å²) in [5, 5.41) is 9.00. The van der Waals surface area contributed by atoms with E-state index >= 15 is 0 Å². The first-order valence-electron chi connectivity index (χ1n) is 9.73. The lowest BCUT2D eigenvalue weighted by Crippen LogP contribution is -2.36. The first kappa shape index (κ1) is 19.7. The molecule has 0 atom stereocenters. The van der Waals surface area contributed by atoms with E-state index in [1.165, 1.54) is 19.3 Å². The van der Waals surface area contributed by atoms with Gasteiger partial charge in [0.05, 0.1) is 19.3 Å². The summed E-state index contributed by atoms with van der Waals surface area (Å²) in [6.45, 7) is 0.0890. The van der Waals surface area contributed by atoms with Crippen LogP contribution >= 0.6 is 0 Å². The van der Waals surface area contributed by atoms with Crippen molar-refractivity contribution in [2.24, 2.45) is 0 Å². The molecule has 0 aromatic heterocycles. The molecule has 0 aliphatic heterocycles. The van der Waals surface area contributed by atoms with E-state index in [2.05, 4.69) is 16.0 Å². The van der Waals surface area contributed by atoms with E-state index < -0.39 is 0 Å². The maximum Gasteiger partial charge on any atom is 0.251 e. The first-order chi connectivity index (χ1) is 13.7. The van der Waals surface area contributed by atoms with Gasteiger partial charge in [-0.05, 0) is 43.2 Å². The fraction of sp³-hybridized carbons (Fsp3) is 0.364. The quantitative estimate of drug-likeness (QED) is 0.681. The number of hydrogen-bond donors (Lipinski definition) is 3. The number of rotatable bonds is 7. The van der Waals surface area contributed by atoms with Crippen molar-refractivity contribution in [3.63, 3.8) is 0 Å². The summed E-state index contributed by atoms with van der Waals surface area (Å²) in [7, 11) is 1.56. The second kappa shape index (κ2) is 9.78. The molecular weight excluding hydrogens is 354 g/mol. The third-order valence-corrected chi connectivity index (χ3v) is 4.90. The van der Waals surface area contributed by atoms with E-state index in [4.69, 9.17) is 4.74 Å². The largest absolute Gasteiger partial charge is 0.495 e. The maximum absolute atomic E-state index is 12.5. The lowest BCUT2D eigenvalue weighted by atomic mass is 9.95. The van der Waals surface area contributed by atoms with Crippen LogP contribution in [0.3, 0.4) is 0 Å². The Morgan fingerprint density at radius 3 is 2.61 bits per heavy atom. The molecule has 2 aromatic carbocycles. The summed E-state index contributed by atoms with van der Waals surface area (Å²) in [6, 6.07) is 14.7. The summed E-state index contributed by atoms with van der Waals surface area (Å²) in [5.74, 6) is 0.354. The highest BCUT2D eigenvalue weighted by molar-refractivity contribution is 5.96. The average molecular weight is 381 g/mol. The van der Waals surface area contributed by atoms with Crippen molar-refractivity contribution in [2.75, 3.05) is 24.3 Å². The molecule has 0 bridgehead atoms. The number of carbonyl (C=O) groups excluding carboxylic acids is 2. The fourth-order valence-electron chi connectivity index (χ4n) is 3.41. The highest BCUT2D eigenvalue weighted by Gasteiger charge is 2.16. The summed E-state index contributed by atoms with van der Waals surface area (Å²) in [5.41, 5.74) is 1.95. The normalized spacial score (nSPS) is 14.2. The van der Waals surface area contributed by atoms with Crippen LogP contribution in [0.15, 0.2) is 48.5 Å². The smallest absolute Gasteiger partial charge is 0.251 e. The maximum atomic E-state index is 12.5. The van der Waals surface area contributed by atoms with Gasteiger partial charge in [-0.25, -0.2) is 0 Å². The number of hydrogen-bond acceptors (Lipinski definition) is 4. The monoisotopic (exact) mass is 381 g/mol. The zero-order valence-electron chi connectivity index (χ0n) is 16.2. The highest BCUT2D eigenvalue weighted by Crippen LogP contribution is 2.23. The van der Waals surface area contributed by atoms with Crippen molar-refractivity contribution in [3.8, 4) is 5.75 Å². The van der Waals surface area contributed by atoms with Gasteiger partial charge in [0.2, 0.25) is 5.91 Å². The van der Waals surface area contributed by atoms with Gasteiger partial charge in [-0.15, -0.1) is 0 Å². The fourth-order valence-corrected chi connectivity index (χ4v) is 3.41. The lowest BCUT2D eigenvalue weighted by Gasteiger charge is -2.22. The lowest BCUT2D eigenvalue weighted by molar-refractivity contribution is -0.114. The topological polar surface area (TPSA) is 79.5 Å². The average Bonchev–Trinajstić information content (AvgIpc) is 2.73. The number of methoxy groups -OCH3 is 1. The van der Waals surface area contributed by atoms with Gasteiger partial charge in [-0.1, -0.05) is 37.5 Å². The van der Waals surface area contributed by atoms with Crippen LogP contribution in [0.25, 0.3) is 0 Å². The van der Waals surface area contributed by atoms with Crippen LogP contribution in [-0.4, -0.2) is 31.5 Å². The van der Waals surface area contributed by atoms with Crippen molar-refractivity contribution in [3.05, 3.63) is 54.1 Å². The van der Waals surface area contributed by atoms with Crippen molar-refractivity contribution in [1.29, 1.82) is 0 Å². The van der Waals surface area contributed by atoms with E-state index in [1.807, 2.05) is 24.3 Å². The van der Waals surface area contributed by atoms with Gasteiger partial charge < -0.3 is 20.7 Å². The van der Waals surface area contributed by atoms with Crippen molar-refractivity contribution in [2.45, 2.75) is 38.1 Å². The van der Waals surface area contributed by atoms with Crippen LogP contribution in [0.5, 0.6) is 5.75 Å². The number of amides is 2. The van der Waals surface area contributed by atoms with Crippen LogP contribution in [0, 0.1) is 0 Å². The molecule has 148 valence electrons. The zero-order valence-corrected chi connectivity index (χ0v) is 16.2. The SMILES string of the molecule is COc1ccccc1NC(=O)CNc1cccc(C(=O)NC2CCCCC2)c1. The second-order valence-corrected chi connectivity index (χ2v) is 6.99. The number of carbonyl (C=O) groups is 2. The molecule has 28 heavy (non-hydrogen) atoms. The number of ether oxygens (including phenoxy) is 1. The minimum Gasteiger partial charge on any atom is -0.495 e. The predicted molar refractivity (Wildman–Crippen MR) is 111 cm³/mol. The molecule has 0 spiro atoms. The Balaban J connectivity index is 1.53. The molecule has 0 radical (unpaired) electrons. The van der Waals surface area contributed by atoms with Gasteiger partial charge in [0, 0.05) is 17.3 Å². The van der Waals surface area contributed by atoms with E-state index in [9.17, 15) is 9.59 Å². The Hall–Kier alpha value is -3.02. The summed E-state index contributed by atoms with van der Waals surface area (Å²) >= 11 is 0. The molecule has 1 fully saturated rings. The molecule has 0 saturated heterocycles. The Morgan fingerprint density at radius 1 is 1.04 bits per heavy atom. The van der Waals surface area contributed by atoms with Gasteiger partial charge in [-0.2, -0.15) is 0 Å². The molecule has 1 aliphatic rings. The zero-order chi connectivity index (χ0) is 19.8. The summed E-state index contributed by atoms with van der Waals surface area (Å²) < 4.78 is 5.23. The van der Waals surface area contributed by atoms with E-state index in [0.717, 1.165) is 18.5 Å². The van der Waals surface area contributed by atoms with Crippen LogP contribution in [-0.2, 0) is 4.79 Å². The van der Waals surface area contributed by atoms with E-state index in [0.29, 0.717) is 17.0 Å². The van der Waals surface area contributed by atoms with Gasteiger partial charge in [0.25, 0.3) is 5.91 Å². The number of benzene rings is 2. The standard InChI is InChI=1S/C22H27N3O3/c1-28-20-13-6-5-12-19(20)25-21(26)15-23-18-11-7-8-16(14-18)22(27)24-17-9-3-2-4-10-17/h5-8,11-14,17,23H,2-4,9-10,15H2,1H3,(H,24,27)(H,25,26). The predicted octanol–water partition coefficient (Wildman–Crippen LogP) is 3.81. The molecule has 0 heterocycles. The molecule has 0 unspecified atom stereocenters. The Bertz CT molecular complexity index is 816. The van der Waals surface area contributed by atoms with E-state index in [1.54, 1.807) is 31.4 Å². The van der Waals surface area contributed by atoms with Gasteiger partial charge >= 0.3 is 0 Å². The van der Waals surface area contributed by atoms with Crippen LogP contribution in [0.1, 0.15) is 42.5 Å². The van der Waals surface area contributed by atoms with Crippen LogP contribution in [0.2, 0.25) is 0 Å². The second-order valence-electron chi connectivity index (χ2n) is 6.99.